The van der Waals surface area contributed by atoms with Gasteiger partial charge in [-0.3, -0.25) is 0 Å². The van der Waals surface area contributed by atoms with Crippen molar-refractivity contribution >= 4 is 0 Å². The van der Waals surface area contributed by atoms with Crippen molar-refractivity contribution in [1.82, 2.24) is 0 Å². The Balaban J connectivity index is 2.82. The van der Waals surface area contributed by atoms with Crippen molar-refractivity contribution in [3.63, 3.8) is 0 Å². The Morgan fingerprint density at radius 3 is 1.18 bits per heavy atom. The monoisotopic (exact) mass is 386 g/mol. The van der Waals surface area contributed by atoms with Crippen LogP contribution in [0.3, 0.4) is 0 Å². The molecule has 0 radical (unpaired) electrons. The van der Waals surface area contributed by atoms with Gasteiger partial charge in [-0.15, -0.1) is 0 Å². The molecule has 0 bridgehead atoms. The first kappa shape index (κ1) is 21.9. The summed E-state index contributed by atoms with van der Waals surface area (Å²) in [6.07, 6.45) is 0. The van der Waals surface area contributed by atoms with Crippen LogP contribution in [0.2, 0.25) is 0 Å². The molecule has 0 saturated heterocycles. The molecule has 0 aromatic heterocycles. The highest BCUT2D eigenvalue weighted by molar-refractivity contribution is 5.58. The summed E-state index contributed by atoms with van der Waals surface area (Å²) in [5.74, 6) is -1.13. The number of phenols is 4. The quantitative estimate of drug-likeness (QED) is 0.496. The van der Waals surface area contributed by atoms with Crippen molar-refractivity contribution in [2.75, 3.05) is 0 Å². The minimum atomic E-state index is -0.401. The Morgan fingerprint density at radius 1 is 0.607 bits per heavy atom. The second-order valence-electron chi connectivity index (χ2n) is 10.1. The molecule has 28 heavy (non-hydrogen) atoms. The van der Waals surface area contributed by atoms with Crippen molar-refractivity contribution in [3.05, 3.63) is 46.5 Å². The molecule has 0 aliphatic heterocycles. The second-order valence-corrected chi connectivity index (χ2v) is 10.1. The predicted molar refractivity (Wildman–Crippen MR) is 114 cm³/mol. The summed E-state index contributed by atoms with van der Waals surface area (Å²) in [6, 6.07) is 6.94. The van der Waals surface area contributed by atoms with Crippen LogP contribution in [0.4, 0.5) is 0 Å². The van der Waals surface area contributed by atoms with E-state index in [1.165, 1.54) is 0 Å². The highest BCUT2D eigenvalue weighted by atomic mass is 16.3. The summed E-state index contributed by atoms with van der Waals surface area (Å²) < 4.78 is 0. The summed E-state index contributed by atoms with van der Waals surface area (Å²) in [5.41, 5.74) is 2.41. The first-order chi connectivity index (χ1) is 12.6. The molecule has 0 atom stereocenters. The van der Waals surface area contributed by atoms with Crippen molar-refractivity contribution in [3.8, 4) is 23.0 Å². The predicted octanol–water partition coefficient (Wildman–Crippen LogP) is 5.89. The molecule has 2 aromatic rings. The Kier molecular flexibility index (Phi) is 5.66. The van der Waals surface area contributed by atoms with Gasteiger partial charge in [0.2, 0.25) is 0 Å². The zero-order valence-corrected chi connectivity index (χ0v) is 18.3. The number of hydrogen-bond donors (Lipinski definition) is 4. The van der Waals surface area contributed by atoms with Crippen LogP contribution in [0.1, 0.15) is 83.6 Å². The summed E-state index contributed by atoms with van der Waals surface area (Å²) in [7, 11) is 0. The third kappa shape index (κ3) is 4.21. The molecule has 0 saturated carbocycles. The maximum atomic E-state index is 10.7. The molecule has 0 amide bonds. The van der Waals surface area contributed by atoms with E-state index in [4.69, 9.17) is 0 Å². The van der Waals surface area contributed by atoms with Crippen molar-refractivity contribution in [1.29, 1.82) is 0 Å². The van der Waals surface area contributed by atoms with E-state index in [0.717, 1.165) is 11.1 Å². The summed E-state index contributed by atoms with van der Waals surface area (Å²) in [4.78, 5) is 0. The third-order valence-corrected chi connectivity index (χ3v) is 5.31. The lowest BCUT2D eigenvalue weighted by Gasteiger charge is -2.29. The third-order valence-electron chi connectivity index (χ3n) is 5.31. The molecule has 4 heteroatoms. The Hall–Kier alpha value is -2.36. The highest BCUT2D eigenvalue weighted by Crippen LogP contribution is 2.48. The zero-order valence-electron chi connectivity index (χ0n) is 18.3. The van der Waals surface area contributed by atoms with Gasteiger partial charge in [0.1, 0.15) is 0 Å². The van der Waals surface area contributed by atoms with E-state index in [0.29, 0.717) is 11.1 Å². The first-order valence-electron chi connectivity index (χ1n) is 9.77. The standard InChI is InChI=1S/C24H34O4/c1-13(2)20(16-9-14(23(3,4)5)11-18(25)21(16)27)17-10-15(24(6,7)8)12-19(26)22(17)28/h9-13,20,25-28H,1-8H3. The Labute approximate surface area is 168 Å². The van der Waals surface area contributed by atoms with Gasteiger partial charge in [0, 0.05) is 17.0 Å². The number of phenolic OH excluding ortho intramolecular Hbond substituents is 4. The average Bonchev–Trinajstić information content (AvgIpc) is 2.52. The van der Waals surface area contributed by atoms with Crippen LogP contribution < -0.4 is 0 Å². The molecule has 4 N–H and O–H groups in total. The van der Waals surface area contributed by atoms with Gasteiger partial charge in [0.25, 0.3) is 0 Å². The topological polar surface area (TPSA) is 80.9 Å². The Bertz CT molecular complexity index is 798. The fraction of sp³-hybridized carbons (Fsp3) is 0.500. The molecule has 0 aliphatic rings. The number of hydrogen-bond acceptors (Lipinski definition) is 4. The van der Waals surface area contributed by atoms with Gasteiger partial charge < -0.3 is 20.4 Å². The fourth-order valence-electron chi connectivity index (χ4n) is 3.51. The van der Waals surface area contributed by atoms with Gasteiger partial charge in [0.15, 0.2) is 23.0 Å². The lowest BCUT2D eigenvalue weighted by atomic mass is 9.76. The van der Waals surface area contributed by atoms with Crippen LogP contribution in [0.5, 0.6) is 23.0 Å². The lowest BCUT2D eigenvalue weighted by Crippen LogP contribution is -2.16. The molecule has 154 valence electrons. The van der Waals surface area contributed by atoms with Gasteiger partial charge in [-0.2, -0.15) is 0 Å². The van der Waals surface area contributed by atoms with Gasteiger partial charge in [-0.1, -0.05) is 67.5 Å². The van der Waals surface area contributed by atoms with E-state index in [9.17, 15) is 20.4 Å². The smallest absolute Gasteiger partial charge is 0.161 e. The van der Waals surface area contributed by atoms with Crippen LogP contribution >= 0.6 is 0 Å². The molecule has 0 aliphatic carbocycles. The van der Waals surface area contributed by atoms with Crippen molar-refractivity contribution in [2.45, 2.75) is 72.1 Å². The number of benzene rings is 2. The highest BCUT2D eigenvalue weighted by Gasteiger charge is 2.30. The summed E-state index contributed by atoms with van der Waals surface area (Å²) >= 11 is 0. The molecule has 4 nitrogen and oxygen atoms in total. The van der Waals surface area contributed by atoms with E-state index >= 15 is 0 Å². The van der Waals surface area contributed by atoms with E-state index in [-0.39, 0.29) is 39.7 Å². The van der Waals surface area contributed by atoms with Crippen LogP contribution in [-0.4, -0.2) is 20.4 Å². The van der Waals surface area contributed by atoms with Gasteiger partial charge >= 0.3 is 0 Å². The Morgan fingerprint density at radius 2 is 0.929 bits per heavy atom. The molecule has 2 rings (SSSR count). The molecule has 0 fully saturated rings. The average molecular weight is 387 g/mol. The van der Waals surface area contributed by atoms with Crippen LogP contribution in [0, 0.1) is 5.92 Å². The van der Waals surface area contributed by atoms with Gasteiger partial charge in [-0.25, -0.2) is 0 Å². The van der Waals surface area contributed by atoms with E-state index in [1.54, 1.807) is 12.1 Å². The largest absolute Gasteiger partial charge is 0.504 e. The molecule has 2 aromatic carbocycles. The zero-order chi connectivity index (χ0) is 21.6. The second kappa shape index (κ2) is 7.23. The molecular weight excluding hydrogens is 352 g/mol. The van der Waals surface area contributed by atoms with Crippen molar-refractivity contribution < 1.29 is 20.4 Å². The van der Waals surface area contributed by atoms with Crippen LogP contribution in [-0.2, 0) is 10.8 Å². The molecular formula is C24H34O4. The number of rotatable bonds is 3. The van der Waals surface area contributed by atoms with Gasteiger partial charge in [-0.05, 0) is 40.0 Å². The minimum absolute atomic E-state index is 0.000960. The van der Waals surface area contributed by atoms with E-state index in [2.05, 4.69) is 0 Å². The summed E-state index contributed by atoms with van der Waals surface area (Å²) in [5, 5.41) is 42.1. The fourth-order valence-corrected chi connectivity index (χ4v) is 3.51. The van der Waals surface area contributed by atoms with Crippen molar-refractivity contribution in [2.24, 2.45) is 5.92 Å². The summed E-state index contributed by atoms with van der Waals surface area (Å²) in [6.45, 7) is 16.2. The maximum absolute atomic E-state index is 10.7. The van der Waals surface area contributed by atoms with E-state index < -0.39 is 5.92 Å². The normalized spacial score (nSPS) is 12.8. The molecule has 0 spiro atoms. The van der Waals surface area contributed by atoms with Gasteiger partial charge in [0.05, 0.1) is 0 Å². The molecule has 0 unspecified atom stereocenters. The maximum Gasteiger partial charge on any atom is 0.161 e. The molecule has 0 heterocycles. The van der Waals surface area contributed by atoms with E-state index in [1.807, 2.05) is 67.5 Å². The van der Waals surface area contributed by atoms with Crippen LogP contribution in [0.15, 0.2) is 24.3 Å². The first-order valence-corrected chi connectivity index (χ1v) is 9.77. The SMILES string of the molecule is CC(C)C(c1cc(C(C)(C)C)cc(O)c1O)c1cc(C(C)(C)C)cc(O)c1O. The number of aromatic hydroxyl groups is 4. The van der Waals surface area contributed by atoms with Crippen LogP contribution in [0.25, 0.3) is 0 Å². The lowest BCUT2D eigenvalue weighted by molar-refractivity contribution is 0.379. The minimum Gasteiger partial charge on any atom is -0.504 e.